The van der Waals surface area contributed by atoms with Gasteiger partial charge in [-0.25, -0.2) is 4.39 Å². The van der Waals surface area contributed by atoms with Crippen LogP contribution in [-0.2, 0) is 0 Å². The van der Waals surface area contributed by atoms with Gasteiger partial charge in [0.1, 0.15) is 22.9 Å². The maximum atomic E-state index is 13.1. The second kappa shape index (κ2) is 4.68. The van der Waals surface area contributed by atoms with Crippen LogP contribution in [0, 0.1) is 5.82 Å². The van der Waals surface area contributed by atoms with Crippen LogP contribution in [0.1, 0.15) is 16.7 Å². The Labute approximate surface area is 113 Å². The van der Waals surface area contributed by atoms with Crippen molar-refractivity contribution in [2.24, 2.45) is 5.73 Å². The summed E-state index contributed by atoms with van der Waals surface area (Å²) in [5, 5.41) is 2.60. The highest BCUT2D eigenvalue weighted by Crippen LogP contribution is 2.32. The number of ether oxygens (including phenoxy) is 1. The van der Waals surface area contributed by atoms with E-state index in [0.29, 0.717) is 16.7 Å². The minimum absolute atomic E-state index is 0.286. The molecule has 3 rings (SSSR count). The van der Waals surface area contributed by atoms with Crippen molar-refractivity contribution >= 4 is 22.3 Å². The van der Waals surface area contributed by atoms with Gasteiger partial charge in [0, 0.05) is 15.6 Å². The average Bonchev–Trinajstić information content (AvgIpc) is 3.03. The zero-order valence-corrected chi connectivity index (χ0v) is 11.0. The summed E-state index contributed by atoms with van der Waals surface area (Å²) >= 11 is 1.51. The lowest BCUT2D eigenvalue weighted by Gasteiger charge is -2.04. The summed E-state index contributed by atoms with van der Waals surface area (Å²) in [4.78, 5) is 0.941. The van der Waals surface area contributed by atoms with E-state index in [9.17, 15) is 4.39 Å². The number of furan rings is 1. The summed E-state index contributed by atoms with van der Waals surface area (Å²) in [5.41, 5.74) is 6.79. The van der Waals surface area contributed by atoms with Crippen molar-refractivity contribution in [1.82, 2.24) is 0 Å². The molecule has 5 heteroatoms. The lowest BCUT2D eigenvalue weighted by atomic mass is 10.2. The molecule has 0 aliphatic carbocycles. The molecule has 2 aromatic heterocycles. The maximum absolute atomic E-state index is 13.1. The lowest BCUT2D eigenvalue weighted by Crippen LogP contribution is -2.08. The van der Waals surface area contributed by atoms with Crippen LogP contribution in [0.25, 0.3) is 11.0 Å². The molecule has 3 nitrogen and oxygen atoms in total. The molecule has 1 atom stereocenters. The lowest BCUT2D eigenvalue weighted by molar-refractivity contribution is 0.416. The molecule has 0 saturated carbocycles. The average molecular weight is 277 g/mol. The minimum Gasteiger partial charge on any atom is -0.496 e. The first kappa shape index (κ1) is 12.2. The summed E-state index contributed by atoms with van der Waals surface area (Å²) in [6.07, 6.45) is 0. The van der Waals surface area contributed by atoms with E-state index in [1.54, 1.807) is 19.2 Å². The van der Waals surface area contributed by atoms with Crippen molar-refractivity contribution in [2.45, 2.75) is 6.04 Å². The third kappa shape index (κ3) is 2.22. The van der Waals surface area contributed by atoms with Gasteiger partial charge in [0.25, 0.3) is 0 Å². The molecule has 0 bridgehead atoms. The summed E-state index contributed by atoms with van der Waals surface area (Å²) in [7, 11) is 1.61. The first-order valence-electron chi connectivity index (χ1n) is 5.74. The van der Waals surface area contributed by atoms with Gasteiger partial charge in [-0.3, -0.25) is 0 Å². The van der Waals surface area contributed by atoms with Gasteiger partial charge in [-0.2, -0.15) is 0 Å². The van der Waals surface area contributed by atoms with Crippen LogP contribution >= 0.6 is 11.3 Å². The minimum atomic E-state index is -0.371. The Balaban J connectivity index is 1.98. The topological polar surface area (TPSA) is 48.4 Å². The fraction of sp³-hybridized carbons (Fsp3) is 0.143. The van der Waals surface area contributed by atoms with Crippen LogP contribution in [0.5, 0.6) is 5.75 Å². The first-order valence-corrected chi connectivity index (χ1v) is 6.62. The molecule has 0 amide bonds. The predicted molar refractivity (Wildman–Crippen MR) is 73.1 cm³/mol. The zero-order valence-electron chi connectivity index (χ0n) is 10.2. The standard InChI is InChI=1S/C14H12FNO2S/c1-17-10-6-13(19-7-10)14(16)12-5-8-4-9(15)2-3-11(8)18-12/h2-7,14H,16H2,1H3. The molecule has 19 heavy (non-hydrogen) atoms. The number of nitrogens with two attached hydrogens (primary N) is 1. The smallest absolute Gasteiger partial charge is 0.134 e. The quantitative estimate of drug-likeness (QED) is 0.794. The molecule has 3 aromatic rings. The first-order chi connectivity index (χ1) is 9.17. The fourth-order valence-electron chi connectivity index (χ4n) is 1.93. The van der Waals surface area contributed by atoms with Gasteiger partial charge in [0.2, 0.25) is 0 Å². The van der Waals surface area contributed by atoms with Crippen LogP contribution in [0.3, 0.4) is 0 Å². The number of hydrogen-bond acceptors (Lipinski definition) is 4. The van der Waals surface area contributed by atoms with Crippen molar-refractivity contribution in [1.29, 1.82) is 0 Å². The van der Waals surface area contributed by atoms with Crippen molar-refractivity contribution in [3.05, 3.63) is 52.2 Å². The molecule has 0 aliphatic heterocycles. The SMILES string of the molecule is COc1csc(C(N)c2cc3cc(F)ccc3o2)c1. The molecule has 2 N–H and O–H groups in total. The molecular weight excluding hydrogens is 265 g/mol. The summed E-state index contributed by atoms with van der Waals surface area (Å²) in [6, 6.07) is 7.69. The van der Waals surface area contributed by atoms with Crippen molar-refractivity contribution < 1.29 is 13.5 Å². The van der Waals surface area contributed by atoms with E-state index in [1.807, 2.05) is 11.4 Å². The van der Waals surface area contributed by atoms with Crippen LogP contribution < -0.4 is 10.5 Å². The van der Waals surface area contributed by atoms with Crippen molar-refractivity contribution in [2.75, 3.05) is 7.11 Å². The highest BCUT2D eigenvalue weighted by molar-refractivity contribution is 7.10. The number of halogens is 1. The molecule has 0 aliphatic rings. The van der Waals surface area contributed by atoms with Gasteiger partial charge in [-0.05, 0) is 30.3 Å². The van der Waals surface area contributed by atoms with Crippen molar-refractivity contribution in [3.8, 4) is 5.75 Å². The van der Waals surface area contributed by atoms with E-state index in [2.05, 4.69) is 0 Å². The molecule has 2 heterocycles. The number of rotatable bonds is 3. The fourth-order valence-corrected chi connectivity index (χ4v) is 2.80. The van der Waals surface area contributed by atoms with E-state index < -0.39 is 0 Å². The van der Waals surface area contributed by atoms with Crippen LogP contribution in [0.2, 0.25) is 0 Å². The zero-order chi connectivity index (χ0) is 13.4. The molecular formula is C14H12FNO2S. The largest absolute Gasteiger partial charge is 0.496 e. The predicted octanol–water partition coefficient (Wildman–Crippen LogP) is 3.69. The Kier molecular flexibility index (Phi) is 3.00. The number of fused-ring (bicyclic) bond motifs is 1. The summed E-state index contributed by atoms with van der Waals surface area (Å²) in [6.45, 7) is 0. The Morgan fingerprint density at radius 2 is 2.16 bits per heavy atom. The van der Waals surface area contributed by atoms with E-state index in [4.69, 9.17) is 14.9 Å². The molecule has 1 unspecified atom stereocenters. The molecule has 0 radical (unpaired) electrons. The van der Waals surface area contributed by atoms with Crippen LogP contribution in [0.4, 0.5) is 4.39 Å². The summed E-state index contributed by atoms with van der Waals surface area (Å²) in [5.74, 6) is 1.11. The number of benzene rings is 1. The Bertz CT molecular complexity index is 719. The second-order valence-electron chi connectivity index (χ2n) is 4.20. The molecule has 98 valence electrons. The Morgan fingerprint density at radius 3 is 2.89 bits per heavy atom. The van der Waals surface area contributed by atoms with Crippen LogP contribution in [-0.4, -0.2) is 7.11 Å². The van der Waals surface area contributed by atoms with E-state index in [0.717, 1.165) is 10.6 Å². The van der Waals surface area contributed by atoms with Gasteiger partial charge >= 0.3 is 0 Å². The molecule has 0 fully saturated rings. The van der Waals surface area contributed by atoms with Gasteiger partial charge in [-0.15, -0.1) is 11.3 Å². The van der Waals surface area contributed by atoms with E-state index in [-0.39, 0.29) is 11.9 Å². The van der Waals surface area contributed by atoms with Crippen molar-refractivity contribution in [3.63, 3.8) is 0 Å². The van der Waals surface area contributed by atoms with E-state index >= 15 is 0 Å². The summed E-state index contributed by atoms with van der Waals surface area (Å²) < 4.78 is 23.9. The van der Waals surface area contributed by atoms with Gasteiger partial charge < -0.3 is 14.9 Å². The Hall–Kier alpha value is -1.85. The maximum Gasteiger partial charge on any atom is 0.134 e. The molecule has 1 aromatic carbocycles. The van der Waals surface area contributed by atoms with Gasteiger partial charge in [0.05, 0.1) is 13.2 Å². The number of hydrogen-bond donors (Lipinski definition) is 1. The third-order valence-electron chi connectivity index (χ3n) is 2.94. The van der Waals surface area contributed by atoms with E-state index in [1.165, 1.54) is 23.5 Å². The third-order valence-corrected chi connectivity index (χ3v) is 3.94. The second-order valence-corrected chi connectivity index (χ2v) is 5.14. The normalized spacial score (nSPS) is 12.8. The van der Waals surface area contributed by atoms with Gasteiger partial charge in [0.15, 0.2) is 0 Å². The Morgan fingerprint density at radius 1 is 1.32 bits per heavy atom. The highest BCUT2D eigenvalue weighted by atomic mass is 32.1. The monoisotopic (exact) mass is 277 g/mol. The molecule has 0 saturated heterocycles. The van der Waals surface area contributed by atoms with Crippen LogP contribution in [0.15, 0.2) is 40.1 Å². The number of methoxy groups -OCH3 is 1. The van der Waals surface area contributed by atoms with Gasteiger partial charge in [-0.1, -0.05) is 0 Å². The molecule has 0 spiro atoms. The number of thiophene rings is 1. The highest BCUT2D eigenvalue weighted by Gasteiger charge is 2.16.